The van der Waals surface area contributed by atoms with Gasteiger partial charge in [0.05, 0.1) is 28.6 Å². The highest BCUT2D eigenvalue weighted by molar-refractivity contribution is 7.22. The topological polar surface area (TPSA) is 153 Å². The van der Waals surface area contributed by atoms with Crippen molar-refractivity contribution in [2.24, 2.45) is 16.2 Å². The number of carbonyl (C=O) groups excluding carboxylic acids is 3. The van der Waals surface area contributed by atoms with Crippen LogP contribution in [-0.4, -0.2) is 98.2 Å². The number of nitrogens with zero attached hydrogens (tertiary/aromatic N) is 6. The summed E-state index contributed by atoms with van der Waals surface area (Å²) < 4.78 is 21.9. The van der Waals surface area contributed by atoms with Gasteiger partial charge in [-0.05, 0) is 164 Å². The van der Waals surface area contributed by atoms with E-state index >= 15 is 0 Å². The first-order valence-electron chi connectivity index (χ1n) is 25.7. The van der Waals surface area contributed by atoms with Crippen molar-refractivity contribution in [3.05, 3.63) is 88.9 Å². The number of rotatable bonds is 12. The third-order valence-corrected chi connectivity index (χ3v) is 16.4. The average Bonchev–Trinajstić information content (AvgIpc) is 3.86. The molecule has 378 valence electrons. The van der Waals surface area contributed by atoms with Crippen LogP contribution >= 0.6 is 11.3 Å². The number of ether oxygens (including phenoxy) is 3. The third kappa shape index (κ3) is 10.5. The van der Waals surface area contributed by atoms with E-state index in [1.807, 2.05) is 101 Å². The van der Waals surface area contributed by atoms with Crippen molar-refractivity contribution in [1.29, 1.82) is 0 Å². The molecule has 0 spiro atoms. The molecule has 2 aliphatic heterocycles. The summed E-state index contributed by atoms with van der Waals surface area (Å²) in [5.74, 6) is -0.0473. The van der Waals surface area contributed by atoms with Gasteiger partial charge in [-0.1, -0.05) is 49.4 Å². The molecule has 2 atom stereocenters. The molecule has 2 amide bonds. The van der Waals surface area contributed by atoms with Crippen LogP contribution in [0.15, 0.2) is 60.8 Å². The van der Waals surface area contributed by atoms with Gasteiger partial charge in [0.15, 0.2) is 10.8 Å². The van der Waals surface area contributed by atoms with E-state index in [4.69, 9.17) is 24.3 Å². The second-order valence-electron chi connectivity index (χ2n) is 24.3. The molecular weight excluding hydrogens is 913 g/mol. The maximum absolute atomic E-state index is 14.2. The van der Waals surface area contributed by atoms with Crippen molar-refractivity contribution < 1.29 is 28.6 Å². The average molecular weight is 985 g/mol. The van der Waals surface area contributed by atoms with Gasteiger partial charge in [0.25, 0.3) is 5.91 Å². The van der Waals surface area contributed by atoms with Crippen molar-refractivity contribution >= 4 is 50.5 Å². The van der Waals surface area contributed by atoms with Crippen LogP contribution in [0.3, 0.4) is 0 Å². The molecule has 14 nitrogen and oxygen atoms in total. The van der Waals surface area contributed by atoms with Gasteiger partial charge in [-0.15, -0.1) is 0 Å². The smallest absolute Gasteiger partial charge is 0.410 e. The van der Waals surface area contributed by atoms with Crippen molar-refractivity contribution in [2.75, 3.05) is 43.0 Å². The summed E-state index contributed by atoms with van der Waals surface area (Å²) in [4.78, 5) is 54.4. The summed E-state index contributed by atoms with van der Waals surface area (Å²) in [5.41, 5.74) is 5.23. The fraction of sp³-hybridized carbons (Fsp3) is 0.571. The largest absolute Gasteiger partial charge is 0.455 e. The van der Waals surface area contributed by atoms with Crippen molar-refractivity contribution in [3.8, 4) is 11.1 Å². The Bertz CT molecular complexity index is 2800. The van der Waals surface area contributed by atoms with Crippen LogP contribution < -0.4 is 15.5 Å². The minimum absolute atomic E-state index is 0.0129. The van der Waals surface area contributed by atoms with E-state index in [0.29, 0.717) is 60.9 Å². The lowest BCUT2D eigenvalue weighted by atomic mass is 9.39. The van der Waals surface area contributed by atoms with Gasteiger partial charge >= 0.3 is 12.1 Å². The number of para-hydroxylation sites is 1. The molecule has 4 aliphatic carbocycles. The van der Waals surface area contributed by atoms with Gasteiger partial charge in [0.1, 0.15) is 17.0 Å². The van der Waals surface area contributed by atoms with E-state index in [2.05, 4.69) is 52.0 Å². The first-order valence-corrected chi connectivity index (χ1v) is 26.5. The van der Waals surface area contributed by atoms with Gasteiger partial charge in [-0.25, -0.2) is 19.6 Å². The number of thiazole rings is 1. The van der Waals surface area contributed by atoms with Crippen LogP contribution in [0.2, 0.25) is 0 Å². The standard InChI is InChI=1S/C56H72N8O6S/c1-36-41(27-58-64(36)35-55-30-53(8)29-54(9,31-55)33-56(32-53,34-55)68-26-22-57-38-20-24-62(25-21-38)50(67)70-52(5,6)7)39-17-18-45(60-46(39)48(66)69-51(2,3)4)63-23-19-37-13-12-14-40(42(37)28-63)47(65)61-49-59-43-15-10-11-16-44(43)71-49/h10-18,27,38,57H,19-26,28-35H2,1-9H3,(H,59,61,65)/t53?,54?,55-,56-. The monoisotopic (exact) mass is 985 g/mol. The quantitative estimate of drug-likeness (QED) is 0.0907. The van der Waals surface area contributed by atoms with E-state index in [0.717, 1.165) is 97.1 Å². The number of piperidine rings is 1. The Morgan fingerprint density at radius 3 is 2.27 bits per heavy atom. The summed E-state index contributed by atoms with van der Waals surface area (Å²) in [6, 6.07) is 18.1. The lowest BCUT2D eigenvalue weighted by Gasteiger charge is -2.69. The molecule has 4 saturated carbocycles. The van der Waals surface area contributed by atoms with Crippen LogP contribution in [0.5, 0.6) is 0 Å². The summed E-state index contributed by atoms with van der Waals surface area (Å²) in [6.45, 7) is 23.1. The first-order chi connectivity index (χ1) is 33.6. The molecule has 1 saturated heterocycles. The third-order valence-electron chi connectivity index (χ3n) is 15.4. The summed E-state index contributed by atoms with van der Waals surface area (Å²) in [5, 5.41) is 12.4. The Morgan fingerprint density at radius 1 is 0.817 bits per heavy atom. The van der Waals surface area contributed by atoms with Gasteiger partial charge in [0.2, 0.25) is 0 Å². The lowest BCUT2D eigenvalue weighted by Crippen LogP contribution is -2.64. The first kappa shape index (κ1) is 49.2. The Labute approximate surface area is 422 Å². The van der Waals surface area contributed by atoms with E-state index in [1.165, 1.54) is 17.8 Å². The highest BCUT2D eigenvalue weighted by Crippen LogP contribution is 2.72. The highest BCUT2D eigenvalue weighted by Gasteiger charge is 2.66. The Morgan fingerprint density at radius 2 is 1.55 bits per heavy atom. The number of pyridine rings is 1. The normalized spacial score (nSPS) is 25.4. The van der Waals surface area contributed by atoms with Gasteiger partial charge in [0, 0.05) is 67.7 Å². The number of hydrogen-bond donors (Lipinski definition) is 2. The van der Waals surface area contributed by atoms with E-state index in [9.17, 15) is 14.4 Å². The number of carbonyl (C=O) groups is 3. The molecule has 0 radical (unpaired) electrons. The molecule has 6 aliphatic rings. The lowest BCUT2D eigenvalue weighted by molar-refractivity contribution is -0.247. The Kier molecular flexibility index (Phi) is 12.7. The van der Waals surface area contributed by atoms with Crippen LogP contribution in [0.4, 0.5) is 15.7 Å². The summed E-state index contributed by atoms with van der Waals surface area (Å²) >= 11 is 1.46. The number of aromatic nitrogens is 4. The molecule has 5 fully saturated rings. The minimum atomic E-state index is -0.735. The van der Waals surface area contributed by atoms with Crippen LogP contribution in [-0.2, 0) is 33.7 Å². The molecule has 15 heteroatoms. The minimum Gasteiger partial charge on any atom is -0.455 e. The maximum Gasteiger partial charge on any atom is 0.410 e. The zero-order valence-electron chi connectivity index (χ0n) is 43.2. The molecule has 2 aromatic carbocycles. The van der Waals surface area contributed by atoms with Crippen LogP contribution in [0, 0.1) is 23.2 Å². The number of benzene rings is 2. The molecule has 3 aromatic heterocycles. The zero-order chi connectivity index (χ0) is 50.1. The molecule has 11 rings (SSSR count). The summed E-state index contributed by atoms with van der Waals surface area (Å²) in [6.07, 6.45) is 10.8. The Hall–Kier alpha value is -5.38. The van der Waals surface area contributed by atoms with Gasteiger partial charge < -0.3 is 29.3 Å². The van der Waals surface area contributed by atoms with E-state index in [1.54, 1.807) is 0 Å². The predicted octanol–water partition coefficient (Wildman–Crippen LogP) is 10.8. The Balaban J connectivity index is 0.848. The SMILES string of the molecule is Cc1c(-c2ccc(N3CCc4cccc(C(=O)Nc5nc6ccccc6s5)c4C3)nc2C(=O)OC(C)(C)C)cnn1C[C@]12CC3(C)CC(C)(C1)C[C@](OCCNC1CCN(C(=O)OC(C)(C)C)CC1)(C3)C2. The number of hydrogen-bond acceptors (Lipinski definition) is 12. The second-order valence-corrected chi connectivity index (χ2v) is 25.4. The highest BCUT2D eigenvalue weighted by atomic mass is 32.1. The molecule has 5 aromatic rings. The van der Waals surface area contributed by atoms with Crippen molar-refractivity contribution in [1.82, 2.24) is 30.0 Å². The van der Waals surface area contributed by atoms with Crippen LogP contribution in [0.1, 0.15) is 144 Å². The van der Waals surface area contributed by atoms with E-state index < -0.39 is 17.2 Å². The molecule has 4 bridgehead atoms. The van der Waals surface area contributed by atoms with E-state index in [-0.39, 0.29) is 39.5 Å². The number of likely N-dealkylation sites (tertiary alicyclic amines) is 1. The number of esters is 1. The number of anilines is 2. The number of nitrogens with one attached hydrogen (secondary N) is 2. The second kappa shape index (κ2) is 18.3. The number of fused-ring (bicyclic) bond motifs is 2. The molecular formula is C56H72N8O6S. The van der Waals surface area contributed by atoms with Crippen LogP contribution in [0.25, 0.3) is 21.3 Å². The van der Waals surface area contributed by atoms with Gasteiger partial charge in [-0.2, -0.15) is 5.10 Å². The fourth-order valence-corrected chi connectivity index (χ4v) is 14.7. The number of amides is 2. The summed E-state index contributed by atoms with van der Waals surface area (Å²) in [7, 11) is 0. The van der Waals surface area contributed by atoms with Crippen molar-refractivity contribution in [2.45, 2.75) is 156 Å². The molecule has 71 heavy (non-hydrogen) atoms. The fourth-order valence-electron chi connectivity index (χ4n) is 13.9. The molecule has 2 unspecified atom stereocenters. The zero-order valence-corrected chi connectivity index (χ0v) is 44.0. The van der Waals surface area contributed by atoms with Crippen molar-refractivity contribution in [3.63, 3.8) is 0 Å². The maximum atomic E-state index is 14.2. The molecule has 5 heterocycles. The molecule has 2 N–H and O–H groups in total. The van der Waals surface area contributed by atoms with Gasteiger partial charge in [-0.3, -0.25) is 14.8 Å². The predicted molar refractivity (Wildman–Crippen MR) is 278 cm³/mol.